The highest BCUT2D eigenvalue weighted by atomic mass is 16.4. The van der Waals surface area contributed by atoms with Gasteiger partial charge in [-0.2, -0.15) is 0 Å². The van der Waals surface area contributed by atoms with Crippen molar-refractivity contribution in [1.82, 2.24) is 5.32 Å². The molecule has 0 fully saturated rings. The molecule has 0 bridgehead atoms. The lowest BCUT2D eigenvalue weighted by Gasteiger charge is -2.16. The van der Waals surface area contributed by atoms with Gasteiger partial charge in [0, 0.05) is 6.42 Å². The highest BCUT2D eigenvalue weighted by molar-refractivity contribution is 5.83. The number of allylic oxidation sites excluding steroid dienone is 4. The van der Waals surface area contributed by atoms with Gasteiger partial charge in [-0.25, -0.2) is 4.79 Å². The van der Waals surface area contributed by atoms with Crippen molar-refractivity contribution in [2.24, 2.45) is 5.92 Å². The van der Waals surface area contributed by atoms with Gasteiger partial charge in [-0.05, 0) is 50.9 Å². The first kappa shape index (κ1) is 26.4. The molecule has 0 spiro atoms. The summed E-state index contributed by atoms with van der Waals surface area (Å²) in [5.41, 5.74) is 0. The molecule has 4 nitrogen and oxygen atoms in total. The molecular weight excluding hydrogens is 350 g/mol. The second kappa shape index (κ2) is 18.8. The van der Waals surface area contributed by atoms with Crippen molar-refractivity contribution in [3.05, 3.63) is 24.3 Å². The van der Waals surface area contributed by atoms with Crippen LogP contribution < -0.4 is 5.32 Å². The maximum Gasteiger partial charge on any atom is 0.326 e. The highest BCUT2D eigenvalue weighted by Crippen LogP contribution is 2.09. The van der Waals surface area contributed by atoms with Crippen LogP contribution >= 0.6 is 0 Å². The first-order valence-corrected chi connectivity index (χ1v) is 11.3. The highest BCUT2D eigenvalue weighted by Gasteiger charge is 2.20. The number of aliphatic carboxylic acids is 1. The molecule has 1 amide bonds. The largest absolute Gasteiger partial charge is 0.480 e. The molecular formula is C24H43NO3. The number of rotatable bonds is 18. The predicted molar refractivity (Wildman–Crippen MR) is 118 cm³/mol. The predicted octanol–water partition coefficient (Wildman–Crippen LogP) is 6.42. The summed E-state index contributed by atoms with van der Waals surface area (Å²) >= 11 is 0. The van der Waals surface area contributed by atoms with Crippen molar-refractivity contribution in [3.63, 3.8) is 0 Å². The molecule has 28 heavy (non-hydrogen) atoms. The van der Waals surface area contributed by atoms with E-state index in [2.05, 4.69) is 36.5 Å². The molecule has 2 N–H and O–H groups in total. The van der Waals surface area contributed by atoms with Crippen LogP contribution in [0.1, 0.15) is 104 Å². The fraction of sp³-hybridized carbons (Fsp3) is 0.750. The summed E-state index contributed by atoms with van der Waals surface area (Å²) in [6.07, 6.45) is 22.6. The van der Waals surface area contributed by atoms with E-state index in [0.29, 0.717) is 12.8 Å². The molecule has 0 aliphatic carbocycles. The zero-order chi connectivity index (χ0) is 21.0. The molecule has 0 unspecified atom stereocenters. The van der Waals surface area contributed by atoms with Crippen molar-refractivity contribution in [2.75, 3.05) is 0 Å². The first-order chi connectivity index (χ1) is 13.5. The maximum absolute atomic E-state index is 11.9. The Labute approximate surface area is 172 Å². The molecule has 0 aromatic rings. The number of carboxylic acids is 1. The Balaban J connectivity index is 3.57. The van der Waals surface area contributed by atoms with E-state index < -0.39 is 12.0 Å². The van der Waals surface area contributed by atoms with Gasteiger partial charge in [0.25, 0.3) is 0 Å². The van der Waals surface area contributed by atoms with Crippen LogP contribution in [0.3, 0.4) is 0 Å². The summed E-state index contributed by atoms with van der Waals surface area (Å²) in [5.74, 6) is -0.835. The average molecular weight is 394 g/mol. The number of hydrogen-bond acceptors (Lipinski definition) is 2. The molecule has 0 saturated heterocycles. The Morgan fingerprint density at radius 3 is 2.00 bits per heavy atom. The Bertz CT molecular complexity index is 455. The van der Waals surface area contributed by atoms with E-state index in [0.717, 1.165) is 32.1 Å². The van der Waals surface area contributed by atoms with Crippen LogP contribution in [0.15, 0.2) is 24.3 Å². The molecule has 0 aromatic carbocycles. The lowest BCUT2D eigenvalue weighted by atomic mass is 10.0. The molecule has 162 valence electrons. The zero-order valence-electron chi connectivity index (χ0n) is 18.4. The Kier molecular flexibility index (Phi) is 17.7. The smallest absolute Gasteiger partial charge is 0.326 e. The molecule has 1 atom stereocenters. The summed E-state index contributed by atoms with van der Waals surface area (Å²) in [6.45, 7) is 6.15. The number of carbonyl (C=O) groups is 2. The van der Waals surface area contributed by atoms with Crippen LogP contribution in [0, 0.1) is 5.92 Å². The van der Waals surface area contributed by atoms with Crippen molar-refractivity contribution < 1.29 is 14.7 Å². The summed E-state index contributed by atoms with van der Waals surface area (Å²) in [4.78, 5) is 23.0. The fourth-order valence-corrected chi connectivity index (χ4v) is 3.06. The number of carbonyl (C=O) groups excluding carboxylic acids is 1. The number of carboxylic acid groups (broad SMARTS) is 1. The van der Waals surface area contributed by atoms with Gasteiger partial charge >= 0.3 is 5.97 Å². The van der Waals surface area contributed by atoms with E-state index in [4.69, 9.17) is 5.11 Å². The Hall–Kier alpha value is -1.58. The second-order valence-electron chi connectivity index (χ2n) is 8.07. The molecule has 4 heteroatoms. The van der Waals surface area contributed by atoms with Gasteiger partial charge in [0.2, 0.25) is 5.91 Å². The summed E-state index contributed by atoms with van der Waals surface area (Å²) < 4.78 is 0. The second-order valence-corrected chi connectivity index (χ2v) is 8.07. The third-order valence-corrected chi connectivity index (χ3v) is 4.69. The van der Waals surface area contributed by atoms with E-state index >= 15 is 0 Å². The van der Waals surface area contributed by atoms with Crippen LogP contribution in [0.2, 0.25) is 0 Å². The topological polar surface area (TPSA) is 66.4 Å². The minimum absolute atomic E-state index is 0.140. The van der Waals surface area contributed by atoms with Gasteiger partial charge in [-0.15, -0.1) is 0 Å². The van der Waals surface area contributed by atoms with Crippen LogP contribution in [-0.4, -0.2) is 23.0 Å². The molecule has 0 aromatic heterocycles. The molecule has 0 saturated carbocycles. The van der Waals surface area contributed by atoms with Crippen molar-refractivity contribution in [3.8, 4) is 0 Å². The summed E-state index contributed by atoms with van der Waals surface area (Å²) in [5, 5.41) is 11.8. The van der Waals surface area contributed by atoms with Gasteiger partial charge in [0.15, 0.2) is 0 Å². The SMILES string of the molecule is CCCCC/C=C/C/C=C/CCCCCCCC(=O)N[C@@H](CC(C)C)C(=O)O. The first-order valence-electron chi connectivity index (χ1n) is 11.3. The summed E-state index contributed by atoms with van der Waals surface area (Å²) in [7, 11) is 0. The molecule has 0 rings (SSSR count). The number of nitrogens with one attached hydrogen (secondary N) is 1. The molecule has 0 heterocycles. The van der Waals surface area contributed by atoms with Gasteiger partial charge < -0.3 is 10.4 Å². The fourth-order valence-electron chi connectivity index (χ4n) is 3.06. The quantitative estimate of drug-likeness (QED) is 0.209. The Morgan fingerprint density at radius 2 is 1.43 bits per heavy atom. The normalized spacial score (nSPS) is 12.9. The van der Waals surface area contributed by atoms with Crippen LogP contribution in [-0.2, 0) is 9.59 Å². The molecule has 0 radical (unpaired) electrons. The summed E-state index contributed by atoms with van der Waals surface area (Å²) in [6, 6.07) is -0.759. The van der Waals surface area contributed by atoms with Crippen LogP contribution in [0.4, 0.5) is 0 Å². The third-order valence-electron chi connectivity index (χ3n) is 4.69. The zero-order valence-corrected chi connectivity index (χ0v) is 18.4. The van der Waals surface area contributed by atoms with E-state index in [1.54, 1.807) is 0 Å². The van der Waals surface area contributed by atoms with Crippen molar-refractivity contribution >= 4 is 11.9 Å². The van der Waals surface area contributed by atoms with Crippen molar-refractivity contribution in [2.45, 2.75) is 110 Å². The van der Waals surface area contributed by atoms with Crippen molar-refractivity contribution in [1.29, 1.82) is 0 Å². The van der Waals surface area contributed by atoms with Gasteiger partial charge in [0.1, 0.15) is 6.04 Å². The van der Waals surface area contributed by atoms with E-state index in [-0.39, 0.29) is 11.8 Å². The molecule has 0 aliphatic heterocycles. The Morgan fingerprint density at radius 1 is 0.857 bits per heavy atom. The van der Waals surface area contributed by atoms with Gasteiger partial charge in [0.05, 0.1) is 0 Å². The standard InChI is InChI=1S/C24H43NO3/c1-4-5-6-7-8-9-10-11-12-13-14-15-16-17-18-19-23(26)25-22(24(27)28)20-21(2)3/h8-9,11-12,21-22H,4-7,10,13-20H2,1-3H3,(H,25,26)(H,27,28)/b9-8+,12-11+/t22-/m0/s1. The van der Waals surface area contributed by atoms with Gasteiger partial charge in [-0.1, -0.05) is 77.2 Å². The molecule has 0 aliphatic rings. The average Bonchev–Trinajstić information content (AvgIpc) is 2.64. The number of amides is 1. The minimum atomic E-state index is -0.943. The number of hydrogen-bond donors (Lipinski definition) is 2. The monoisotopic (exact) mass is 393 g/mol. The third kappa shape index (κ3) is 17.8. The van der Waals surface area contributed by atoms with E-state index in [1.807, 2.05) is 13.8 Å². The van der Waals surface area contributed by atoms with Crippen LogP contribution in [0.5, 0.6) is 0 Å². The van der Waals surface area contributed by atoms with E-state index in [1.165, 1.54) is 38.5 Å². The van der Waals surface area contributed by atoms with Gasteiger partial charge in [-0.3, -0.25) is 4.79 Å². The lowest BCUT2D eigenvalue weighted by molar-refractivity contribution is -0.142. The van der Waals surface area contributed by atoms with E-state index in [9.17, 15) is 9.59 Å². The lowest BCUT2D eigenvalue weighted by Crippen LogP contribution is -2.41. The van der Waals surface area contributed by atoms with Crippen LogP contribution in [0.25, 0.3) is 0 Å². The minimum Gasteiger partial charge on any atom is -0.480 e. The maximum atomic E-state index is 11.9. The number of unbranched alkanes of at least 4 members (excludes halogenated alkanes) is 8.